The molecule has 3 aromatic heterocycles. The van der Waals surface area contributed by atoms with Crippen LogP contribution < -0.4 is 5.32 Å². The molecule has 8 heteroatoms. The van der Waals surface area contributed by atoms with E-state index in [0.29, 0.717) is 31.0 Å². The van der Waals surface area contributed by atoms with E-state index in [1.165, 1.54) is 0 Å². The number of H-pyrrole nitrogens is 1. The highest BCUT2D eigenvalue weighted by molar-refractivity contribution is 5.94. The van der Waals surface area contributed by atoms with Crippen LogP contribution in [0.3, 0.4) is 0 Å². The van der Waals surface area contributed by atoms with Gasteiger partial charge in [-0.3, -0.25) is 19.7 Å². The lowest BCUT2D eigenvalue weighted by atomic mass is 9.97. The van der Waals surface area contributed by atoms with Crippen molar-refractivity contribution in [3.05, 3.63) is 59.9 Å². The summed E-state index contributed by atoms with van der Waals surface area (Å²) >= 11 is 0. The predicted octanol–water partition coefficient (Wildman–Crippen LogP) is 2.54. The van der Waals surface area contributed by atoms with E-state index in [2.05, 4.69) is 20.5 Å². The normalized spacial score (nSPS) is 16.6. The summed E-state index contributed by atoms with van der Waals surface area (Å²) in [6.07, 6.45) is 4.92. The molecule has 1 saturated heterocycles. The third kappa shape index (κ3) is 4.37. The van der Waals surface area contributed by atoms with Gasteiger partial charge in [0.2, 0.25) is 5.91 Å². The summed E-state index contributed by atoms with van der Waals surface area (Å²) in [5, 5.41) is 9.96. The Morgan fingerprint density at radius 3 is 2.86 bits per heavy atom. The van der Waals surface area contributed by atoms with Crippen molar-refractivity contribution in [1.82, 2.24) is 25.4 Å². The van der Waals surface area contributed by atoms with Gasteiger partial charge in [0, 0.05) is 31.0 Å². The van der Waals surface area contributed by atoms with Crippen molar-refractivity contribution in [2.45, 2.75) is 26.3 Å². The maximum Gasteiger partial charge on any atom is 0.271 e. The summed E-state index contributed by atoms with van der Waals surface area (Å²) < 4.78 is 5.48. The zero-order valence-electron chi connectivity index (χ0n) is 16.2. The van der Waals surface area contributed by atoms with Gasteiger partial charge in [-0.15, -0.1) is 0 Å². The third-order valence-corrected chi connectivity index (χ3v) is 5.10. The number of carbonyl (C=O) groups excluding carboxylic acids is 2. The lowest BCUT2D eigenvalue weighted by Crippen LogP contribution is -2.45. The van der Waals surface area contributed by atoms with Crippen molar-refractivity contribution < 1.29 is 14.0 Å². The molecule has 8 nitrogen and oxygen atoms in total. The van der Waals surface area contributed by atoms with E-state index in [9.17, 15) is 9.59 Å². The van der Waals surface area contributed by atoms with Crippen LogP contribution in [0.2, 0.25) is 0 Å². The minimum Gasteiger partial charge on any atom is -0.465 e. The van der Waals surface area contributed by atoms with E-state index in [0.717, 1.165) is 29.9 Å². The van der Waals surface area contributed by atoms with E-state index >= 15 is 0 Å². The lowest BCUT2D eigenvalue weighted by molar-refractivity contribution is -0.126. The summed E-state index contributed by atoms with van der Waals surface area (Å²) in [6, 6.07) is 9.14. The molecule has 150 valence electrons. The number of hydrogen-bond donors (Lipinski definition) is 2. The number of rotatable bonds is 5. The van der Waals surface area contributed by atoms with Gasteiger partial charge in [-0.05, 0) is 50.1 Å². The Morgan fingerprint density at radius 1 is 1.28 bits per heavy atom. The molecule has 4 rings (SSSR count). The third-order valence-electron chi connectivity index (χ3n) is 5.10. The van der Waals surface area contributed by atoms with Crippen molar-refractivity contribution in [1.29, 1.82) is 0 Å². The van der Waals surface area contributed by atoms with Gasteiger partial charge < -0.3 is 14.6 Å². The van der Waals surface area contributed by atoms with Crippen molar-refractivity contribution in [3.63, 3.8) is 0 Å². The Balaban J connectivity index is 1.37. The summed E-state index contributed by atoms with van der Waals surface area (Å²) in [5.74, 6) is 1.11. The molecule has 0 radical (unpaired) electrons. The molecule has 0 saturated carbocycles. The number of hydrogen-bond acceptors (Lipinski definition) is 5. The highest BCUT2D eigenvalue weighted by Gasteiger charge is 2.29. The van der Waals surface area contributed by atoms with E-state index < -0.39 is 0 Å². The van der Waals surface area contributed by atoms with Crippen LogP contribution in [0.15, 0.2) is 47.1 Å². The number of furan rings is 1. The van der Waals surface area contributed by atoms with E-state index in [1.807, 2.05) is 31.2 Å². The second-order valence-corrected chi connectivity index (χ2v) is 7.22. The Kier molecular flexibility index (Phi) is 5.41. The van der Waals surface area contributed by atoms with Gasteiger partial charge in [-0.1, -0.05) is 0 Å². The number of piperidine rings is 1. The van der Waals surface area contributed by atoms with E-state index in [1.54, 1.807) is 23.4 Å². The molecule has 1 unspecified atom stereocenters. The molecule has 0 aromatic carbocycles. The minimum absolute atomic E-state index is 0.0568. The van der Waals surface area contributed by atoms with Crippen molar-refractivity contribution in [2.75, 3.05) is 13.1 Å². The number of nitrogens with zero attached hydrogens (tertiary/aromatic N) is 3. The van der Waals surface area contributed by atoms with Crippen LogP contribution >= 0.6 is 0 Å². The molecule has 4 heterocycles. The van der Waals surface area contributed by atoms with Crippen molar-refractivity contribution in [3.8, 4) is 11.3 Å². The zero-order valence-corrected chi connectivity index (χ0v) is 16.2. The maximum atomic E-state index is 12.9. The number of amides is 2. The highest BCUT2D eigenvalue weighted by atomic mass is 16.3. The van der Waals surface area contributed by atoms with Crippen LogP contribution in [0.4, 0.5) is 0 Å². The Morgan fingerprint density at radius 2 is 2.10 bits per heavy atom. The van der Waals surface area contributed by atoms with Crippen LogP contribution in [0.5, 0.6) is 0 Å². The summed E-state index contributed by atoms with van der Waals surface area (Å²) in [5.41, 5.74) is 2.00. The fraction of sp³-hybridized carbons (Fsp3) is 0.333. The van der Waals surface area contributed by atoms with Crippen LogP contribution in [-0.4, -0.2) is 45.0 Å². The molecule has 0 aliphatic carbocycles. The lowest BCUT2D eigenvalue weighted by Gasteiger charge is -2.31. The monoisotopic (exact) mass is 393 g/mol. The molecule has 1 aliphatic heterocycles. The zero-order chi connectivity index (χ0) is 20.2. The van der Waals surface area contributed by atoms with Gasteiger partial charge in [0.1, 0.15) is 17.2 Å². The molecule has 1 fully saturated rings. The van der Waals surface area contributed by atoms with Crippen LogP contribution in [0.25, 0.3) is 11.3 Å². The number of likely N-dealkylation sites (tertiary alicyclic amines) is 1. The van der Waals surface area contributed by atoms with E-state index in [-0.39, 0.29) is 17.7 Å². The Bertz CT molecular complexity index is 995. The highest BCUT2D eigenvalue weighted by Crippen LogP contribution is 2.21. The molecule has 2 N–H and O–H groups in total. The number of aryl methyl sites for hydroxylation is 1. The number of aromatic amines is 1. The molecule has 3 aromatic rings. The fourth-order valence-corrected chi connectivity index (χ4v) is 3.55. The molecular weight excluding hydrogens is 370 g/mol. The van der Waals surface area contributed by atoms with E-state index in [4.69, 9.17) is 4.42 Å². The molecule has 1 aliphatic rings. The fourth-order valence-electron chi connectivity index (χ4n) is 3.55. The second-order valence-electron chi connectivity index (χ2n) is 7.22. The maximum absolute atomic E-state index is 12.9. The Labute approximate surface area is 168 Å². The minimum atomic E-state index is -0.230. The van der Waals surface area contributed by atoms with Crippen molar-refractivity contribution in [2.24, 2.45) is 5.92 Å². The summed E-state index contributed by atoms with van der Waals surface area (Å²) in [6.45, 7) is 3.24. The molecule has 1 atom stereocenters. The SMILES string of the molecule is Cc1ccc(CNC(=O)C2CCCN(C(=O)c3cc(-c4ccncc4)n[nH]3)C2)o1. The van der Waals surface area contributed by atoms with Gasteiger partial charge in [-0.2, -0.15) is 5.10 Å². The topological polar surface area (TPSA) is 104 Å². The van der Waals surface area contributed by atoms with Crippen LogP contribution in [0.1, 0.15) is 34.9 Å². The molecule has 2 amide bonds. The first-order valence-electron chi connectivity index (χ1n) is 9.68. The average Bonchev–Trinajstić information content (AvgIpc) is 3.41. The van der Waals surface area contributed by atoms with Gasteiger partial charge in [-0.25, -0.2) is 0 Å². The summed E-state index contributed by atoms with van der Waals surface area (Å²) in [7, 11) is 0. The molecule has 29 heavy (non-hydrogen) atoms. The first-order chi connectivity index (χ1) is 14.1. The standard InChI is InChI=1S/C21H23N5O3/c1-14-4-5-17(29-14)12-23-20(27)16-3-2-10-26(13-16)21(28)19-11-18(24-25-19)15-6-8-22-9-7-15/h4-9,11,16H,2-3,10,12-13H2,1H3,(H,23,27)(H,24,25). The molecular formula is C21H23N5O3. The number of aromatic nitrogens is 3. The van der Waals surface area contributed by atoms with Gasteiger partial charge in [0.25, 0.3) is 5.91 Å². The average molecular weight is 393 g/mol. The van der Waals surface area contributed by atoms with Crippen LogP contribution in [-0.2, 0) is 11.3 Å². The quantitative estimate of drug-likeness (QED) is 0.693. The number of carbonyl (C=O) groups is 2. The largest absolute Gasteiger partial charge is 0.465 e. The second kappa shape index (κ2) is 8.30. The number of pyridine rings is 1. The predicted molar refractivity (Wildman–Crippen MR) is 106 cm³/mol. The van der Waals surface area contributed by atoms with Crippen molar-refractivity contribution >= 4 is 11.8 Å². The van der Waals surface area contributed by atoms with Gasteiger partial charge >= 0.3 is 0 Å². The first kappa shape index (κ1) is 18.9. The van der Waals surface area contributed by atoms with Gasteiger partial charge in [0.15, 0.2) is 0 Å². The molecule has 0 bridgehead atoms. The summed E-state index contributed by atoms with van der Waals surface area (Å²) in [4.78, 5) is 31.2. The van der Waals surface area contributed by atoms with Gasteiger partial charge in [0.05, 0.1) is 18.2 Å². The first-order valence-corrected chi connectivity index (χ1v) is 9.68. The Hall–Kier alpha value is -3.42. The van der Waals surface area contributed by atoms with Crippen LogP contribution in [0, 0.1) is 12.8 Å². The smallest absolute Gasteiger partial charge is 0.271 e. The molecule has 0 spiro atoms. The number of nitrogens with one attached hydrogen (secondary N) is 2.